The highest BCUT2D eigenvalue weighted by Crippen LogP contribution is 2.41. The molecule has 0 aliphatic carbocycles. The monoisotopic (exact) mass is 463 g/mol. The molecule has 0 fully saturated rings. The number of fused-ring (bicyclic) bond motifs is 3. The number of carbonyl (C=O) groups excluding carboxylic acids is 1. The first-order valence-corrected chi connectivity index (χ1v) is 12.3. The lowest BCUT2D eigenvalue weighted by molar-refractivity contribution is 0.0919. The number of nitrogens with one attached hydrogen (secondary N) is 1. The molecule has 1 N–H and O–H groups in total. The van der Waals surface area contributed by atoms with Gasteiger partial charge in [-0.05, 0) is 42.9 Å². The molecule has 1 amide bonds. The van der Waals surface area contributed by atoms with Gasteiger partial charge in [0.05, 0.1) is 13.7 Å². The molecule has 6 nitrogen and oxygen atoms in total. The van der Waals surface area contributed by atoms with Crippen LogP contribution in [0.25, 0.3) is 10.9 Å². The number of carbonyl (C=O) groups is 1. The van der Waals surface area contributed by atoms with Gasteiger partial charge in [-0.2, -0.15) is 0 Å². The van der Waals surface area contributed by atoms with Gasteiger partial charge in [-0.1, -0.05) is 38.1 Å². The number of hydrogen-bond donors (Lipinski definition) is 1. The molecule has 0 saturated carbocycles. The van der Waals surface area contributed by atoms with Crippen molar-refractivity contribution < 1.29 is 14.3 Å². The quantitative estimate of drug-likeness (QED) is 0.519. The molecule has 3 aromatic rings. The summed E-state index contributed by atoms with van der Waals surface area (Å²) in [7, 11) is 5.82. The van der Waals surface area contributed by atoms with Gasteiger partial charge in [0.15, 0.2) is 0 Å². The van der Waals surface area contributed by atoms with E-state index < -0.39 is 0 Å². The molecule has 1 atom stereocenters. The van der Waals surface area contributed by atoms with Gasteiger partial charge in [-0.15, -0.1) is 0 Å². The van der Waals surface area contributed by atoms with E-state index >= 15 is 0 Å². The Morgan fingerprint density at radius 2 is 1.97 bits per heavy atom. The molecule has 4 rings (SSSR count). The minimum absolute atomic E-state index is 0.153. The summed E-state index contributed by atoms with van der Waals surface area (Å²) < 4.78 is 11.4. The van der Waals surface area contributed by atoms with Gasteiger partial charge >= 0.3 is 6.09 Å². The summed E-state index contributed by atoms with van der Waals surface area (Å²) in [5.74, 6) is 1.37. The molecule has 2 aromatic carbocycles. The van der Waals surface area contributed by atoms with E-state index in [9.17, 15) is 4.79 Å². The Hall–Kier alpha value is -3.15. The van der Waals surface area contributed by atoms with Crippen LogP contribution in [0.4, 0.5) is 10.5 Å². The molecule has 34 heavy (non-hydrogen) atoms. The van der Waals surface area contributed by atoms with Crippen molar-refractivity contribution in [3.05, 3.63) is 59.3 Å². The second-order valence-electron chi connectivity index (χ2n) is 9.79. The lowest BCUT2D eigenvalue weighted by atomic mass is 9.87. The second-order valence-corrected chi connectivity index (χ2v) is 9.79. The minimum atomic E-state index is -0.207. The van der Waals surface area contributed by atoms with E-state index in [1.165, 1.54) is 22.2 Å². The van der Waals surface area contributed by atoms with Crippen LogP contribution >= 0.6 is 0 Å². The summed E-state index contributed by atoms with van der Waals surface area (Å²) in [6.45, 7) is 5.90. The Labute approximate surface area is 202 Å². The average molecular weight is 464 g/mol. The summed E-state index contributed by atoms with van der Waals surface area (Å²) in [5, 5.41) is 1.23. The van der Waals surface area contributed by atoms with Gasteiger partial charge in [0.25, 0.3) is 0 Å². The summed E-state index contributed by atoms with van der Waals surface area (Å²) in [4.78, 5) is 20.5. The number of ether oxygens (including phenoxy) is 2. The Balaban J connectivity index is 1.74. The van der Waals surface area contributed by atoms with Crippen molar-refractivity contribution in [3.8, 4) is 5.75 Å². The number of hydrogen-bond acceptors (Lipinski definition) is 4. The number of anilines is 1. The van der Waals surface area contributed by atoms with E-state index in [2.05, 4.69) is 66.2 Å². The van der Waals surface area contributed by atoms with Crippen LogP contribution in [-0.4, -0.2) is 56.9 Å². The average Bonchev–Trinajstić information content (AvgIpc) is 3.22. The first kappa shape index (κ1) is 24.0. The molecule has 2 heterocycles. The highest BCUT2D eigenvalue weighted by molar-refractivity contribution is 5.85. The summed E-state index contributed by atoms with van der Waals surface area (Å²) in [6.07, 6.45) is 2.37. The Morgan fingerprint density at radius 1 is 1.18 bits per heavy atom. The Bertz CT molecular complexity index is 1140. The lowest BCUT2D eigenvalue weighted by Gasteiger charge is -2.23. The van der Waals surface area contributed by atoms with Gasteiger partial charge in [-0.3, -0.25) is 0 Å². The van der Waals surface area contributed by atoms with E-state index in [1.54, 1.807) is 7.11 Å². The van der Waals surface area contributed by atoms with Crippen LogP contribution in [0.3, 0.4) is 0 Å². The highest BCUT2D eigenvalue weighted by Gasteiger charge is 2.28. The van der Waals surface area contributed by atoms with Crippen molar-refractivity contribution in [3.63, 3.8) is 0 Å². The topological polar surface area (TPSA) is 57.8 Å². The first-order valence-electron chi connectivity index (χ1n) is 12.3. The zero-order valence-electron chi connectivity index (χ0n) is 21.1. The molecule has 0 spiro atoms. The molecule has 6 heteroatoms. The molecule has 1 aliphatic rings. The highest BCUT2D eigenvalue weighted by atomic mass is 16.6. The molecule has 0 bridgehead atoms. The summed E-state index contributed by atoms with van der Waals surface area (Å²) >= 11 is 0. The Kier molecular flexibility index (Phi) is 7.35. The van der Waals surface area contributed by atoms with Gasteiger partial charge in [0, 0.05) is 67.0 Å². The third-order valence-corrected chi connectivity index (χ3v) is 6.65. The first-order chi connectivity index (χ1) is 16.4. The third kappa shape index (κ3) is 5.01. The maximum Gasteiger partial charge on any atom is 0.409 e. The number of methoxy groups -OCH3 is 1. The zero-order chi connectivity index (χ0) is 24.2. The number of nitrogens with zero attached hydrogens (tertiary/aromatic N) is 2. The summed E-state index contributed by atoms with van der Waals surface area (Å²) in [5.41, 5.74) is 5.93. The maximum absolute atomic E-state index is 12.8. The molecule has 0 saturated heterocycles. The molecule has 182 valence electrons. The van der Waals surface area contributed by atoms with Crippen molar-refractivity contribution in [2.75, 3.05) is 45.8 Å². The van der Waals surface area contributed by atoms with E-state index in [4.69, 9.17) is 9.47 Å². The van der Waals surface area contributed by atoms with Crippen LogP contribution in [0.1, 0.15) is 49.4 Å². The number of benzene rings is 2. The van der Waals surface area contributed by atoms with Crippen LogP contribution in [0, 0.1) is 5.92 Å². The SMILES string of the molecule is COc1cc(N(C)C)ccc1C1CCCN(C(=O)OCC(C)C)CCc2c1[nH]c1ccccc21. The normalized spacial score (nSPS) is 16.5. The van der Waals surface area contributed by atoms with Crippen LogP contribution in [0.2, 0.25) is 0 Å². The number of H-pyrrole nitrogens is 1. The largest absolute Gasteiger partial charge is 0.496 e. The molecule has 0 radical (unpaired) electrons. The molecule has 1 unspecified atom stereocenters. The van der Waals surface area contributed by atoms with E-state index in [0.29, 0.717) is 25.6 Å². The fourth-order valence-corrected chi connectivity index (χ4v) is 4.87. The van der Waals surface area contributed by atoms with E-state index in [0.717, 1.165) is 36.2 Å². The van der Waals surface area contributed by atoms with Gasteiger partial charge in [0.1, 0.15) is 5.75 Å². The predicted molar refractivity (Wildman–Crippen MR) is 138 cm³/mol. The standard InChI is InChI=1S/C28H37N3O3/c1-19(2)18-34-28(32)31-15-8-10-23(22-13-12-20(30(3)4)17-26(22)33-5)27-24(14-16-31)21-9-6-7-11-25(21)29-27/h6-7,9,11-13,17,19,23,29H,8,10,14-16,18H2,1-5H3. The fraction of sp³-hybridized carbons (Fsp3) is 0.464. The number of aromatic nitrogens is 1. The van der Waals surface area contributed by atoms with Gasteiger partial charge < -0.3 is 24.3 Å². The molecule has 1 aliphatic heterocycles. The molecular formula is C28H37N3O3. The van der Waals surface area contributed by atoms with Crippen molar-refractivity contribution >= 4 is 22.7 Å². The summed E-state index contributed by atoms with van der Waals surface area (Å²) in [6, 6.07) is 14.9. The Morgan fingerprint density at radius 3 is 2.71 bits per heavy atom. The van der Waals surface area contributed by atoms with Gasteiger partial charge in [0.2, 0.25) is 0 Å². The number of rotatable bonds is 5. The van der Waals surface area contributed by atoms with Crippen LogP contribution in [-0.2, 0) is 11.2 Å². The zero-order valence-corrected chi connectivity index (χ0v) is 21.1. The van der Waals surface area contributed by atoms with E-state index in [1.807, 2.05) is 19.0 Å². The third-order valence-electron chi connectivity index (χ3n) is 6.65. The smallest absolute Gasteiger partial charge is 0.409 e. The lowest BCUT2D eigenvalue weighted by Crippen LogP contribution is -2.34. The van der Waals surface area contributed by atoms with E-state index in [-0.39, 0.29) is 12.0 Å². The second kappa shape index (κ2) is 10.4. The van der Waals surface area contributed by atoms with Crippen LogP contribution in [0.5, 0.6) is 5.75 Å². The number of amides is 1. The van der Waals surface area contributed by atoms with Crippen molar-refractivity contribution in [1.29, 1.82) is 0 Å². The fourth-order valence-electron chi connectivity index (χ4n) is 4.87. The van der Waals surface area contributed by atoms with Crippen molar-refractivity contribution in [2.24, 2.45) is 5.92 Å². The van der Waals surface area contributed by atoms with Crippen LogP contribution < -0.4 is 9.64 Å². The van der Waals surface area contributed by atoms with Gasteiger partial charge in [-0.25, -0.2) is 4.79 Å². The van der Waals surface area contributed by atoms with Crippen molar-refractivity contribution in [1.82, 2.24) is 9.88 Å². The van der Waals surface area contributed by atoms with Crippen LogP contribution in [0.15, 0.2) is 42.5 Å². The molecule has 1 aromatic heterocycles. The van der Waals surface area contributed by atoms with Crippen molar-refractivity contribution in [2.45, 2.75) is 39.0 Å². The number of para-hydroxylation sites is 1. The molecular weight excluding hydrogens is 426 g/mol. The minimum Gasteiger partial charge on any atom is -0.496 e. The number of aromatic amines is 1. The predicted octanol–water partition coefficient (Wildman–Crippen LogP) is 5.81. The maximum atomic E-state index is 12.8.